The molecule has 0 aliphatic heterocycles. The van der Waals surface area contributed by atoms with Crippen LogP contribution in [0, 0.1) is 17.8 Å². The second kappa shape index (κ2) is 9.99. The minimum atomic E-state index is -0.290. The van der Waals surface area contributed by atoms with E-state index in [2.05, 4.69) is 85.2 Å². The van der Waals surface area contributed by atoms with Gasteiger partial charge in [0.15, 0.2) is 0 Å². The Morgan fingerprint density at radius 1 is 1.03 bits per heavy atom. The molecule has 0 saturated heterocycles. The smallest absolute Gasteiger partial charge is 0.332 e. The highest BCUT2D eigenvalue weighted by atomic mass is 79.9. The molecule has 180 valence electrons. The summed E-state index contributed by atoms with van der Waals surface area (Å²) >= 11 is 3.80. The van der Waals surface area contributed by atoms with Crippen LogP contribution in [-0.2, 0) is 20.7 Å². The molecule has 0 unspecified atom stereocenters. The number of alkyl halides is 1. The number of carbonyl (C=O) groups is 1. The molecule has 3 aromatic rings. The molecular weight excluding hydrogens is 488 g/mol. The topological polar surface area (TPSA) is 35.5 Å². The van der Waals surface area contributed by atoms with Crippen LogP contribution in [0.25, 0.3) is 21.5 Å². The van der Waals surface area contributed by atoms with Crippen LogP contribution >= 0.6 is 15.9 Å². The Labute approximate surface area is 211 Å². The van der Waals surface area contributed by atoms with E-state index < -0.39 is 0 Å². The lowest BCUT2D eigenvalue weighted by Gasteiger charge is -2.37. The van der Waals surface area contributed by atoms with Crippen LogP contribution in [-0.4, -0.2) is 23.5 Å². The first-order valence-corrected chi connectivity index (χ1v) is 13.7. The highest BCUT2D eigenvalue weighted by molar-refractivity contribution is 9.09. The van der Waals surface area contributed by atoms with Gasteiger partial charge in [-0.15, -0.1) is 0 Å². The lowest BCUT2D eigenvalue weighted by molar-refractivity contribution is -0.160. The molecule has 4 heteroatoms. The number of hydrogen-bond acceptors (Lipinski definition) is 3. The second-order valence-corrected chi connectivity index (χ2v) is 11.9. The molecule has 3 aromatic carbocycles. The van der Waals surface area contributed by atoms with Crippen molar-refractivity contribution in [2.45, 2.75) is 69.9 Å². The highest BCUT2D eigenvalue weighted by Gasteiger charge is 2.34. The Morgan fingerprint density at radius 2 is 1.79 bits per heavy atom. The number of halogens is 1. The first-order valence-electron chi connectivity index (χ1n) is 12.8. The van der Waals surface area contributed by atoms with Crippen LogP contribution in [0.1, 0.15) is 63.7 Å². The Kier molecular flexibility index (Phi) is 7.00. The fourth-order valence-corrected chi connectivity index (χ4v) is 6.68. The third-order valence-electron chi connectivity index (χ3n) is 7.97. The van der Waals surface area contributed by atoms with Crippen molar-refractivity contribution >= 4 is 43.4 Å². The molecule has 0 bridgehead atoms. The Bertz CT molecular complexity index is 1190. The van der Waals surface area contributed by atoms with E-state index in [9.17, 15) is 4.79 Å². The van der Waals surface area contributed by atoms with Gasteiger partial charge in [0.25, 0.3) is 0 Å². The quantitative estimate of drug-likeness (QED) is 0.195. The van der Waals surface area contributed by atoms with Crippen molar-refractivity contribution in [2.24, 2.45) is 17.8 Å². The molecule has 0 aromatic heterocycles. The van der Waals surface area contributed by atoms with Crippen molar-refractivity contribution in [3.8, 4) is 0 Å². The summed E-state index contributed by atoms with van der Waals surface area (Å²) in [6.07, 6.45) is 5.23. The third-order valence-corrected chi connectivity index (χ3v) is 8.91. The largest absolute Gasteiger partial charge is 0.455 e. The average molecular weight is 524 g/mol. The zero-order valence-electron chi connectivity index (χ0n) is 20.4. The van der Waals surface area contributed by atoms with Crippen LogP contribution in [0.15, 0.2) is 48.5 Å². The number of fused-ring (bicyclic) bond motifs is 4. The summed E-state index contributed by atoms with van der Waals surface area (Å²) < 4.78 is 12.3. The number of carbonyl (C=O) groups excluding carboxylic acids is 1. The van der Waals surface area contributed by atoms with Gasteiger partial charge in [-0.05, 0) is 88.2 Å². The summed E-state index contributed by atoms with van der Waals surface area (Å²) in [5, 5.41) is 5.00. The van der Waals surface area contributed by atoms with Crippen LogP contribution in [0.2, 0.25) is 0 Å². The Balaban J connectivity index is 1.34. The summed E-state index contributed by atoms with van der Waals surface area (Å²) in [7, 11) is 0. The maximum Gasteiger partial charge on any atom is 0.332 e. The van der Waals surface area contributed by atoms with E-state index in [1.54, 1.807) is 0 Å². The number of benzene rings is 3. The lowest BCUT2D eigenvalue weighted by atomic mass is 9.75. The van der Waals surface area contributed by atoms with Crippen molar-refractivity contribution in [1.82, 2.24) is 0 Å². The van der Waals surface area contributed by atoms with Crippen molar-refractivity contribution in [2.75, 3.05) is 6.61 Å². The standard InChI is InChI=1S/C30H35BrO3/c1-18(2)23-10-8-19(3)14-28(23)33-17-29(32)34-30-25-11-9-22-15-20-6-4-5-7-21(20)16-26(22)24(25)12-13-27(30)31/h4-7,9,11,15-16,18-19,23,27-28,30H,8,10,12-14,17H2,1-3H3/t19-,23+,27-,28-,30-/m1/s1. The monoisotopic (exact) mass is 522 g/mol. The predicted molar refractivity (Wildman–Crippen MR) is 142 cm³/mol. The normalized spacial score (nSPS) is 27.1. The number of ether oxygens (including phenoxy) is 2. The summed E-state index contributed by atoms with van der Waals surface area (Å²) in [4.78, 5) is 13.0. The Hall–Kier alpha value is -1.91. The minimum Gasteiger partial charge on any atom is -0.455 e. The molecule has 1 fully saturated rings. The highest BCUT2D eigenvalue weighted by Crippen LogP contribution is 2.41. The van der Waals surface area contributed by atoms with Gasteiger partial charge in [0.1, 0.15) is 12.7 Å². The first kappa shape index (κ1) is 23.8. The average Bonchev–Trinajstić information content (AvgIpc) is 2.82. The van der Waals surface area contributed by atoms with Gasteiger partial charge >= 0.3 is 5.97 Å². The zero-order valence-corrected chi connectivity index (χ0v) is 22.0. The number of rotatable bonds is 5. The van der Waals surface area contributed by atoms with Gasteiger partial charge in [-0.1, -0.05) is 79.5 Å². The zero-order chi connectivity index (χ0) is 23.8. The molecule has 34 heavy (non-hydrogen) atoms. The molecule has 0 spiro atoms. The predicted octanol–water partition coefficient (Wildman–Crippen LogP) is 7.76. The first-order chi connectivity index (χ1) is 16.4. The SMILES string of the molecule is CC(C)[C@@H]1CC[C@@H](C)C[C@H]1OCC(=O)O[C@@H]1c2ccc3cc4ccccc4cc3c2CC[C@H]1Br. The molecule has 2 aliphatic rings. The van der Waals surface area contributed by atoms with E-state index in [1.165, 1.54) is 39.9 Å². The van der Waals surface area contributed by atoms with Gasteiger partial charge in [-0.25, -0.2) is 4.79 Å². The van der Waals surface area contributed by atoms with Crippen molar-refractivity contribution < 1.29 is 14.3 Å². The van der Waals surface area contributed by atoms with E-state index in [4.69, 9.17) is 9.47 Å². The summed E-state index contributed by atoms with van der Waals surface area (Å²) in [5.74, 6) is 1.47. The molecular formula is C30H35BrO3. The minimum absolute atomic E-state index is 0.0321. The van der Waals surface area contributed by atoms with Gasteiger partial charge in [0, 0.05) is 0 Å². The number of esters is 1. The maximum absolute atomic E-state index is 12.9. The van der Waals surface area contributed by atoms with Crippen molar-refractivity contribution in [3.63, 3.8) is 0 Å². The van der Waals surface area contributed by atoms with Gasteiger partial charge in [-0.2, -0.15) is 0 Å². The maximum atomic E-state index is 12.9. The molecule has 0 amide bonds. The van der Waals surface area contributed by atoms with E-state index in [1.807, 2.05) is 0 Å². The lowest BCUT2D eigenvalue weighted by Crippen LogP contribution is -2.36. The molecule has 2 aliphatic carbocycles. The molecule has 3 nitrogen and oxygen atoms in total. The summed E-state index contributed by atoms with van der Waals surface area (Å²) in [6, 6.07) is 17.3. The van der Waals surface area contributed by atoms with Crippen LogP contribution < -0.4 is 0 Å². The molecule has 0 radical (unpaired) electrons. The summed E-state index contributed by atoms with van der Waals surface area (Å²) in [6.45, 7) is 6.84. The van der Waals surface area contributed by atoms with Crippen molar-refractivity contribution in [3.05, 3.63) is 59.7 Å². The summed E-state index contributed by atoms with van der Waals surface area (Å²) in [5.41, 5.74) is 2.43. The third kappa shape index (κ3) is 4.77. The van der Waals surface area contributed by atoms with E-state index in [0.29, 0.717) is 17.8 Å². The molecule has 5 atom stereocenters. The number of hydrogen-bond donors (Lipinski definition) is 0. The molecule has 5 rings (SSSR count). The van der Waals surface area contributed by atoms with Gasteiger partial charge in [0.05, 0.1) is 10.9 Å². The Morgan fingerprint density at radius 3 is 2.56 bits per heavy atom. The van der Waals surface area contributed by atoms with Gasteiger partial charge < -0.3 is 9.47 Å². The number of aryl methyl sites for hydroxylation is 1. The van der Waals surface area contributed by atoms with E-state index in [0.717, 1.165) is 24.8 Å². The van der Waals surface area contributed by atoms with Crippen LogP contribution in [0.4, 0.5) is 0 Å². The van der Waals surface area contributed by atoms with Gasteiger partial charge in [-0.3, -0.25) is 0 Å². The van der Waals surface area contributed by atoms with Crippen LogP contribution in [0.5, 0.6) is 0 Å². The van der Waals surface area contributed by atoms with E-state index >= 15 is 0 Å². The fraction of sp³-hybridized carbons (Fsp3) is 0.500. The second-order valence-electron chi connectivity index (χ2n) is 10.7. The van der Waals surface area contributed by atoms with Crippen molar-refractivity contribution in [1.29, 1.82) is 0 Å². The molecule has 0 N–H and O–H groups in total. The molecule has 1 saturated carbocycles. The van der Waals surface area contributed by atoms with Gasteiger partial charge in [0.2, 0.25) is 0 Å². The molecule has 0 heterocycles. The van der Waals surface area contributed by atoms with Crippen LogP contribution in [0.3, 0.4) is 0 Å². The fourth-order valence-electron chi connectivity index (χ4n) is 6.06. The van der Waals surface area contributed by atoms with E-state index in [-0.39, 0.29) is 29.6 Å².